The van der Waals surface area contributed by atoms with Gasteiger partial charge < -0.3 is 4.90 Å². The third-order valence-electron chi connectivity index (χ3n) is 3.84. The summed E-state index contributed by atoms with van der Waals surface area (Å²) in [5.74, 6) is 0.516. The molecule has 0 radical (unpaired) electrons. The van der Waals surface area contributed by atoms with Crippen LogP contribution in [-0.4, -0.2) is 18.0 Å². The second kappa shape index (κ2) is 4.79. The molecule has 0 aliphatic heterocycles. The molecule has 2 fully saturated rings. The van der Waals surface area contributed by atoms with Gasteiger partial charge in [-0.2, -0.15) is 4.39 Å². The monoisotopic (exact) mass is 264 g/mol. The van der Waals surface area contributed by atoms with E-state index in [1.54, 1.807) is 12.1 Å². The van der Waals surface area contributed by atoms with Crippen LogP contribution in [0.25, 0.3) is 0 Å². The summed E-state index contributed by atoms with van der Waals surface area (Å²) in [6.07, 6.45) is 4.74. The fourth-order valence-corrected chi connectivity index (χ4v) is 2.44. The van der Waals surface area contributed by atoms with Crippen LogP contribution in [0.15, 0.2) is 18.2 Å². The number of anilines is 1. The minimum Gasteiger partial charge on any atom is -0.365 e. The molecule has 2 aliphatic rings. The van der Waals surface area contributed by atoms with E-state index in [1.165, 1.54) is 25.7 Å². The first-order valence-corrected chi connectivity index (χ1v) is 6.83. The van der Waals surface area contributed by atoms with Crippen molar-refractivity contribution >= 4 is 11.4 Å². The van der Waals surface area contributed by atoms with Gasteiger partial charge >= 0.3 is 5.69 Å². The molecule has 4 nitrogen and oxygen atoms in total. The molecule has 0 bridgehead atoms. The molecular formula is C14H17FN2O2. The molecule has 1 aromatic carbocycles. The number of rotatable bonds is 6. The third-order valence-corrected chi connectivity index (χ3v) is 3.84. The molecule has 102 valence electrons. The molecule has 0 heterocycles. The summed E-state index contributed by atoms with van der Waals surface area (Å²) in [6, 6.07) is 4.39. The van der Waals surface area contributed by atoms with Crippen LogP contribution in [0, 0.1) is 27.8 Å². The molecule has 0 saturated heterocycles. The van der Waals surface area contributed by atoms with Gasteiger partial charge in [-0.3, -0.25) is 10.1 Å². The first-order valence-electron chi connectivity index (χ1n) is 6.83. The zero-order valence-electron chi connectivity index (χ0n) is 10.7. The molecule has 19 heavy (non-hydrogen) atoms. The standard InChI is InChI=1S/C14H17FN2O2/c15-12-2-1-3-13(14(12)17(18)19)16(8-10-4-5-10)9-11-6-7-11/h1-3,10-11H,4-9H2. The van der Waals surface area contributed by atoms with Gasteiger partial charge in [0.15, 0.2) is 0 Å². The molecule has 0 spiro atoms. The molecule has 0 aromatic heterocycles. The van der Waals surface area contributed by atoms with Crippen molar-refractivity contribution < 1.29 is 9.31 Å². The Balaban J connectivity index is 1.90. The van der Waals surface area contributed by atoms with E-state index in [4.69, 9.17) is 0 Å². The maximum atomic E-state index is 13.7. The van der Waals surface area contributed by atoms with Crippen LogP contribution in [0.4, 0.5) is 15.8 Å². The summed E-state index contributed by atoms with van der Waals surface area (Å²) in [5, 5.41) is 11.1. The van der Waals surface area contributed by atoms with E-state index in [0.717, 1.165) is 19.2 Å². The van der Waals surface area contributed by atoms with Crippen molar-refractivity contribution in [1.82, 2.24) is 0 Å². The summed E-state index contributed by atoms with van der Waals surface area (Å²) in [5.41, 5.74) is 0.0765. The van der Waals surface area contributed by atoms with E-state index in [2.05, 4.69) is 0 Å². The highest BCUT2D eigenvalue weighted by atomic mass is 19.1. The first kappa shape index (κ1) is 12.4. The number of nitro benzene ring substituents is 1. The fourth-order valence-electron chi connectivity index (χ4n) is 2.44. The zero-order valence-corrected chi connectivity index (χ0v) is 10.7. The third kappa shape index (κ3) is 2.85. The first-order chi connectivity index (χ1) is 9.15. The maximum Gasteiger partial charge on any atom is 0.327 e. The number of nitrogens with zero attached hydrogens (tertiary/aromatic N) is 2. The number of benzene rings is 1. The van der Waals surface area contributed by atoms with E-state index in [0.29, 0.717) is 17.5 Å². The number of hydrogen-bond donors (Lipinski definition) is 0. The Morgan fingerprint density at radius 2 is 1.79 bits per heavy atom. The van der Waals surface area contributed by atoms with E-state index in [-0.39, 0.29) is 5.69 Å². The SMILES string of the molecule is O=[N+]([O-])c1c(F)cccc1N(CC1CC1)CC1CC1. The predicted molar refractivity (Wildman–Crippen MR) is 70.7 cm³/mol. The highest BCUT2D eigenvalue weighted by molar-refractivity contribution is 5.64. The topological polar surface area (TPSA) is 46.4 Å². The van der Waals surface area contributed by atoms with Crippen LogP contribution in [-0.2, 0) is 0 Å². The van der Waals surface area contributed by atoms with Crippen LogP contribution in [0.2, 0.25) is 0 Å². The van der Waals surface area contributed by atoms with Crippen molar-refractivity contribution in [3.05, 3.63) is 34.1 Å². The Morgan fingerprint density at radius 3 is 2.26 bits per heavy atom. The van der Waals surface area contributed by atoms with Crippen LogP contribution < -0.4 is 4.90 Å². The quantitative estimate of drug-likeness (QED) is 0.584. The molecule has 5 heteroatoms. The van der Waals surface area contributed by atoms with E-state index < -0.39 is 10.7 Å². The van der Waals surface area contributed by atoms with E-state index >= 15 is 0 Å². The Kier molecular flexibility index (Phi) is 3.12. The van der Waals surface area contributed by atoms with E-state index in [1.807, 2.05) is 4.90 Å². The smallest absolute Gasteiger partial charge is 0.327 e. The number of nitro groups is 1. The van der Waals surface area contributed by atoms with Crippen molar-refractivity contribution in [2.24, 2.45) is 11.8 Å². The lowest BCUT2D eigenvalue weighted by Gasteiger charge is -2.24. The predicted octanol–water partition coefficient (Wildman–Crippen LogP) is 3.36. The molecule has 2 saturated carbocycles. The van der Waals surface area contributed by atoms with Crippen molar-refractivity contribution in [2.75, 3.05) is 18.0 Å². The lowest BCUT2D eigenvalue weighted by Crippen LogP contribution is -2.29. The van der Waals surface area contributed by atoms with Gasteiger partial charge in [-0.1, -0.05) is 6.07 Å². The van der Waals surface area contributed by atoms with Crippen LogP contribution in [0.3, 0.4) is 0 Å². The van der Waals surface area contributed by atoms with Gasteiger partial charge in [-0.25, -0.2) is 0 Å². The lowest BCUT2D eigenvalue weighted by molar-refractivity contribution is -0.386. The zero-order chi connectivity index (χ0) is 13.4. The van der Waals surface area contributed by atoms with Gasteiger partial charge in [0.2, 0.25) is 5.82 Å². The van der Waals surface area contributed by atoms with Crippen LogP contribution in [0.5, 0.6) is 0 Å². The van der Waals surface area contributed by atoms with Gasteiger partial charge in [0, 0.05) is 13.1 Å². The maximum absolute atomic E-state index is 13.7. The minimum atomic E-state index is -0.737. The van der Waals surface area contributed by atoms with Crippen molar-refractivity contribution in [1.29, 1.82) is 0 Å². The fraction of sp³-hybridized carbons (Fsp3) is 0.571. The second-order valence-electron chi connectivity index (χ2n) is 5.66. The van der Waals surface area contributed by atoms with E-state index in [9.17, 15) is 14.5 Å². The van der Waals surface area contributed by atoms with Crippen LogP contribution in [0.1, 0.15) is 25.7 Å². The molecule has 1 aromatic rings. The van der Waals surface area contributed by atoms with Gasteiger partial charge in [-0.05, 0) is 49.7 Å². The molecule has 0 unspecified atom stereocenters. The number of halogens is 1. The summed E-state index contributed by atoms with van der Waals surface area (Å²) >= 11 is 0. The van der Waals surface area contributed by atoms with Gasteiger partial charge in [0.1, 0.15) is 5.69 Å². The Labute approximate surface area is 111 Å². The summed E-state index contributed by atoms with van der Waals surface area (Å²) in [7, 11) is 0. The highest BCUT2D eigenvalue weighted by Crippen LogP contribution is 2.39. The second-order valence-corrected chi connectivity index (χ2v) is 5.66. The lowest BCUT2D eigenvalue weighted by atomic mass is 10.2. The minimum absolute atomic E-state index is 0.371. The Hall–Kier alpha value is -1.65. The van der Waals surface area contributed by atoms with Crippen molar-refractivity contribution in [2.45, 2.75) is 25.7 Å². The largest absolute Gasteiger partial charge is 0.365 e. The summed E-state index contributed by atoms with van der Waals surface area (Å²) in [4.78, 5) is 12.5. The molecule has 0 atom stereocenters. The summed E-state index contributed by atoms with van der Waals surface area (Å²) in [6.45, 7) is 1.64. The average molecular weight is 264 g/mol. The van der Waals surface area contributed by atoms with Crippen LogP contribution >= 0.6 is 0 Å². The van der Waals surface area contributed by atoms with Gasteiger partial charge in [0.05, 0.1) is 4.92 Å². The van der Waals surface area contributed by atoms with Crippen molar-refractivity contribution in [3.63, 3.8) is 0 Å². The van der Waals surface area contributed by atoms with Crippen molar-refractivity contribution in [3.8, 4) is 0 Å². The molecule has 3 rings (SSSR count). The normalized spacial score (nSPS) is 18.4. The summed E-state index contributed by atoms with van der Waals surface area (Å²) < 4.78 is 13.7. The highest BCUT2D eigenvalue weighted by Gasteiger charge is 2.33. The molecule has 0 amide bonds. The van der Waals surface area contributed by atoms with Gasteiger partial charge in [0.25, 0.3) is 0 Å². The number of para-hydroxylation sites is 1. The molecule has 0 N–H and O–H groups in total. The Bertz CT molecular complexity index is 484. The van der Waals surface area contributed by atoms with Gasteiger partial charge in [-0.15, -0.1) is 0 Å². The molecular weight excluding hydrogens is 247 g/mol. The average Bonchev–Trinajstić information content (AvgIpc) is 3.22. The Morgan fingerprint density at radius 1 is 1.21 bits per heavy atom. The molecule has 2 aliphatic carbocycles. The number of hydrogen-bond acceptors (Lipinski definition) is 3.